The molecule has 2 bridgehead atoms. The van der Waals surface area contributed by atoms with E-state index in [1.807, 2.05) is 10.6 Å². The highest BCUT2D eigenvalue weighted by Crippen LogP contribution is 2.36. The van der Waals surface area contributed by atoms with Crippen LogP contribution in [0.1, 0.15) is 29.2 Å². The number of methoxy groups -OCH3 is 1. The van der Waals surface area contributed by atoms with Gasteiger partial charge in [0, 0.05) is 68.6 Å². The Morgan fingerprint density at radius 1 is 1.03 bits per heavy atom. The van der Waals surface area contributed by atoms with Gasteiger partial charge in [-0.3, -0.25) is 14.6 Å². The molecule has 0 unspecified atom stereocenters. The van der Waals surface area contributed by atoms with Crippen LogP contribution < -0.4 is 10.3 Å². The quantitative estimate of drug-likeness (QED) is 0.734. The van der Waals surface area contributed by atoms with Crippen LogP contribution in [-0.4, -0.2) is 60.9 Å². The number of morpholine rings is 1. The summed E-state index contributed by atoms with van der Waals surface area (Å²) in [6, 6.07) is 8.88. The van der Waals surface area contributed by atoms with E-state index in [0.717, 1.165) is 74.9 Å². The molecule has 5 rings (SSSR count). The normalized spacial score (nSPS) is 24.1. The molecular formula is C24H30FN3O3. The Hall–Kier alpha value is -2.22. The molecule has 0 N–H and O–H groups in total. The highest BCUT2D eigenvalue weighted by Gasteiger charge is 2.35. The Morgan fingerprint density at radius 2 is 1.84 bits per heavy atom. The molecule has 2 fully saturated rings. The van der Waals surface area contributed by atoms with E-state index in [1.165, 1.54) is 6.07 Å². The van der Waals surface area contributed by atoms with Gasteiger partial charge in [0.15, 0.2) is 0 Å². The van der Waals surface area contributed by atoms with Crippen molar-refractivity contribution in [3.63, 3.8) is 0 Å². The lowest BCUT2D eigenvalue weighted by Gasteiger charge is -2.43. The van der Waals surface area contributed by atoms with Crippen molar-refractivity contribution in [2.45, 2.75) is 32.0 Å². The zero-order valence-electron chi connectivity index (χ0n) is 18.1. The molecule has 0 amide bonds. The molecule has 1 aromatic carbocycles. The molecule has 0 saturated carbocycles. The van der Waals surface area contributed by atoms with E-state index in [-0.39, 0.29) is 11.4 Å². The van der Waals surface area contributed by atoms with Gasteiger partial charge in [-0.1, -0.05) is 6.07 Å². The molecule has 6 nitrogen and oxygen atoms in total. The number of fused-ring (bicyclic) bond motifs is 4. The van der Waals surface area contributed by atoms with Crippen LogP contribution in [0.5, 0.6) is 5.75 Å². The second-order valence-corrected chi connectivity index (χ2v) is 9.04. The fraction of sp³-hybridized carbons (Fsp3) is 0.542. The molecule has 0 radical (unpaired) electrons. The average molecular weight is 428 g/mol. The number of nitrogens with zero attached hydrogens (tertiary/aromatic N) is 3. The first-order valence-electron chi connectivity index (χ1n) is 11.2. The molecule has 2 saturated heterocycles. The van der Waals surface area contributed by atoms with Gasteiger partial charge in [-0.15, -0.1) is 0 Å². The van der Waals surface area contributed by atoms with Gasteiger partial charge in [0.05, 0.1) is 20.3 Å². The third-order valence-corrected chi connectivity index (χ3v) is 6.89. The van der Waals surface area contributed by atoms with E-state index in [0.29, 0.717) is 24.9 Å². The number of hydrogen-bond donors (Lipinski definition) is 0. The highest BCUT2D eigenvalue weighted by molar-refractivity contribution is 5.34. The molecular weight excluding hydrogens is 397 g/mol. The Bertz CT molecular complexity index is 1000. The minimum atomic E-state index is -0.238. The zero-order valence-corrected chi connectivity index (χ0v) is 18.1. The van der Waals surface area contributed by atoms with Crippen molar-refractivity contribution in [3.05, 3.63) is 63.3 Å². The van der Waals surface area contributed by atoms with Gasteiger partial charge in [0.2, 0.25) is 0 Å². The first-order valence-corrected chi connectivity index (χ1v) is 11.2. The summed E-state index contributed by atoms with van der Waals surface area (Å²) in [5.74, 6) is 1.25. The van der Waals surface area contributed by atoms with Crippen LogP contribution in [0.25, 0.3) is 0 Å². The Morgan fingerprint density at radius 3 is 2.65 bits per heavy atom. The molecule has 166 valence electrons. The molecule has 2 atom stereocenters. The predicted molar refractivity (Wildman–Crippen MR) is 116 cm³/mol. The average Bonchev–Trinajstić information content (AvgIpc) is 2.77. The van der Waals surface area contributed by atoms with E-state index >= 15 is 0 Å². The summed E-state index contributed by atoms with van der Waals surface area (Å²) >= 11 is 0. The fourth-order valence-electron chi connectivity index (χ4n) is 5.45. The fourth-order valence-corrected chi connectivity index (χ4v) is 5.45. The van der Waals surface area contributed by atoms with Gasteiger partial charge >= 0.3 is 0 Å². The van der Waals surface area contributed by atoms with Crippen LogP contribution in [-0.2, 0) is 24.4 Å². The van der Waals surface area contributed by atoms with Crippen LogP contribution in [0, 0.1) is 11.7 Å². The van der Waals surface area contributed by atoms with E-state index < -0.39 is 0 Å². The number of piperidine rings is 1. The lowest BCUT2D eigenvalue weighted by molar-refractivity contribution is 0.0338. The van der Waals surface area contributed by atoms with Gasteiger partial charge in [0.1, 0.15) is 11.6 Å². The van der Waals surface area contributed by atoms with E-state index in [1.54, 1.807) is 19.2 Å². The molecule has 1 aromatic heterocycles. The molecule has 7 heteroatoms. The van der Waals surface area contributed by atoms with Crippen molar-refractivity contribution in [2.75, 3.05) is 46.5 Å². The molecule has 31 heavy (non-hydrogen) atoms. The second-order valence-electron chi connectivity index (χ2n) is 9.04. The van der Waals surface area contributed by atoms with Gasteiger partial charge in [-0.25, -0.2) is 4.39 Å². The number of likely N-dealkylation sites (tertiary alicyclic amines) is 1. The maximum Gasteiger partial charge on any atom is 0.255 e. The van der Waals surface area contributed by atoms with Gasteiger partial charge in [0.25, 0.3) is 5.56 Å². The molecule has 3 aliphatic rings. The second kappa shape index (κ2) is 8.73. The summed E-state index contributed by atoms with van der Waals surface area (Å²) in [7, 11) is 1.62. The lowest BCUT2D eigenvalue weighted by Crippen LogP contribution is -2.47. The summed E-state index contributed by atoms with van der Waals surface area (Å²) < 4.78 is 26.7. The highest BCUT2D eigenvalue weighted by atomic mass is 19.1. The summed E-state index contributed by atoms with van der Waals surface area (Å²) in [6.07, 6.45) is 1.11. The number of hydrogen-bond acceptors (Lipinski definition) is 5. The first kappa shape index (κ1) is 20.7. The van der Waals surface area contributed by atoms with E-state index in [4.69, 9.17) is 9.47 Å². The van der Waals surface area contributed by atoms with E-state index in [9.17, 15) is 9.18 Å². The van der Waals surface area contributed by atoms with Gasteiger partial charge in [-0.05, 0) is 36.6 Å². The summed E-state index contributed by atoms with van der Waals surface area (Å²) in [5, 5.41) is 0. The van der Waals surface area contributed by atoms with Crippen molar-refractivity contribution < 1.29 is 13.9 Å². The molecule has 2 aromatic rings. The Balaban J connectivity index is 1.34. The summed E-state index contributed by atoms with van der Waals surface area (Å²) in [6.45, 7) is 7.14. The maximum absolute atomic E-state index is 13.8. The van der Waals surface area contributed by atoms with Gasteiger partial charge in [-0.2, -0.15) is 0 Å². The Labute approximate surface area is 182 Å². The van der Waals surface area contributed by atoms with Crippen molar-refractivity contribution in [2.24, 2.45) is 5.92 Å². The molecule has 4 heterocycles. The zero-order chi connectivity index (χ0) is 21.4. The summed E-state index contributed by atoms with van der Waals surface area (Å²) in [4.78, 5) is 17.9. The molecule has 3 aliphatic heterocycles. The SMILES string of the molecule is COc1ccc(F)cc1CN1C[C@@H]2C[C@H](C1)c1ccc(CN3CCOCC3)c(=O)n1C2. The minimum Gasteiger partial charge on any atom is -0.496 e. The number of halogens is 1. The smallest absolute Gasteiger partial charge is 0.255 e. The van der Waals surface area contributed by atoms with Crippen molar-refractivity contribution in [1.82, 2.24) is 14.4 Å². The standard InChI is InChI=1S/C24H30FN3O3/c1-30-23-5-3-21(25)11-20(23)16-27-12-17-10-19(15-27)22-4-2-18(24(29)28(22)13-17)14-26-6-8-31-9-7-26/h2-5,11,17,19H,6-10,12-16H2,1H3/t17-,19+/m0/s1. The maximum atomic E-state index is 13.8. The number of pyridine rings is 1. The van der Waals surface area contributed by atoms with Crippen LogP contribution in [0.4, 0.5) is 4.39 Å². The summed E-state index contributed by atoms with van der Waals surface area (Å²) in [5.41, 5.74) is 3.06. The third-order valence-electron chi connectivity index (χ3n) is 6.89. The number of aromatic nitrogens is 1. The van der Waals surface area contributed by atoms with Gasteiger partial charge < -0.3 is 14.0 Å². The topological polar surface area (TPSA) is 46.9 Å². The number of rotatable bonds is 5. The number of benzene rings is 1. The monoisotopic (exact) mass is 427 g/mol. The van der Waals surface area contributed by atoms with Crippen molar-refractivity contribution in [1.29, 1.82) is 0 Å². The largest absolute Gasteiger partial charge is 0.496 e. The first-order chi connectivity index (χ1) is 15.1. The third kappa shape index (κ3) is 4.27. The van der Waals surface area contributed by atoms with Crippen LogP contribution in [0.3, 0.4) is 0 Å². The lowest BCUT2D eigenvalue weighted by atomic mass is 9.82. The van der Waals surface area contributed by atoms with Crippen LogP contribution >= 0.6 is 0 Å². The van der Waals surface area contributed by atoms with Crippen molar-refractivity contribution in [3.8, 4) is 5.75 Å². The minimum absolute atomic E-state index is 0.166. The van der Waals surface area contributed by atoms with Crippen LogP contribution in [0.15, 0.2) is 35.1 Å². The van der Waals surface area contributed by atoms with Crippen LogP contribution in [0.2, 0.25) is 0 Å². The number of ether oxygens (including phenoxy) is 2. The van der Waals surface area contributed by atoms with E-state index in [2.05, 4.69) is 15.9 Å². The van der Waals surface area contributed by atoms with Crippen molar-refractivity contribution >= 4 is 0 Å². The molecule has 0 aliphatic carbocycles. The predicted octanol–water partition coefficient (Wildman–Crippen LogP) is 2.45. The molecule has 0 spiro atoms. The Kier molecular flexibility index (Phi) is 5.82.